The fourth-order valence-electron chi connectivity index (χ4n) is 2.77. The molecular formula is C16H26ClNO. The zero-order chi connectivity index (χ0) is 14.3. The van der Waals surface area contributed by atoms with Gasteiger partial charge in [0.15, 0.2) is 0 Å². The van der Waals surface area contributed by atoms with E-state index in [1.165, 1.54) is 31.2 Å². The Bertz CT molecular complexity index is 375. The van der Waals surface area contributed by atoms with Crippen molar-refractivity contribution in [1.82, 2.24) is 5.32 Å². The molecule has 0 radical (unpaired) electrons. The lowest BCUT2D eigenvalue weighted by Crippen LogP contribution is -2.25. The van der Waals surface area contributed by atoms with Gasteiger partial charge >= 0.3 is 0 Å². The van der Waals surface area contributed by atoms with Gasteiger partial charge in [-0.15, -0.1) is 0 Å². The maximum Gasteiger partial charge on any atom is 0.137 e. The van der Waals surface area contributed by atoms with E-state index in [1.54, 1.807) is 7.11 Å². The van der Waals surface area contributed by atoms with Gasteiger partial charge in [0.2, 0.25) is 0 Å². The SMILES string of the molecule is CCCC(CCC)C(NC)c1ccc(OC)c(Cl)c1. The van der Waals surface area contributed by atoms with Gasteiger partial charge in [0.25, 0.3) is 0 Å². The van der Waals surface area contributed by atoms with E-state index in [4.69, 9.17) is 16.3 Å². The van der Waals surface area contributed by atoms with Crippen LogP contribution in [-0.2, 0) is 0 Å². The molecule has 0 amide bonds. The Morgan fingerprint density at radius 3 is 2.26 bits per heavy atom. The Morgan fingerprint density at radius 2 is 1.84 bits per heavy atom. The maximum absolute atomic E-state index is 6.24. The minimum atomic E-state index is 0.364. The second kappa shape index (κ2) is 8.44. The van der Waals surface area contributed by atoms with Gasteiger partial charge in [0.05, 0.1) is 12.1 Å². The lowest BCUT2D eigenvalue weighted by molar-refractivity contribution is 0.330. The highest BCUT2D eigenvalue weighted by atomic mass is 35.5. The van der Waals surface area contributed by atoms with Gasteiger partial charge in [-0.05, 0) is 43.5 Å². The third-order valence-electron chi connectivity index (χ3n) is 3.64. The first-order valence-corrected chi connectivity index (χ1v) is 7.56. The minimum Gasteiger partial charge on any atom is -0.495 e. The van der Waals surface area contributed by atoms with Crippen LogP contribution in [0.5, 0.6) is 5.75 Å². The van der Waals surface area contributed by atoms with Gasteiger partial charge in [-0.25, -0.2) is 0 Å². The van der Waals surface area contributed by atoms with Crippen LogP contribution in [-0.4, -0.2) is 14.2 Å². The molecule has 0 bridgehead atoms. The molecule has 1 N–H and O–H groups in total. The Balaban J connectivity index is 2.96. The van der Waals surface area contributed by atoms with E-state index < -0.39 is 0 Å². The second-order valence-electron chi connectivity index (χ2n) is 5.00. The molecule has 19 heavy (non-hydrogen) atoms. The summed E-state index contributed by atoms with van der Waals surface area (Å²) in [6, 6.07) is 6.46. The molecule has 108 valence electrons. The molecule has 1 unspecified atom stereocenters. The van der Waals surface area contributed by atoms with Crippen molar-refractivity contribution in [2.24, 2.45) is 5.92 Å². The van der Waals surface area contributed by atoms with Crippen molar-refractivity contribution >= 4 is 11.6 Å². The summed E-state index contributed by atoms with van der Waals surface area (Å²) in [6.07, 6.45) is 4.91. The smallest absolute Gasteiger partial charge is 0.137 e. The number of rotatable bonds is 8. The predicted octanol–water partition coefficient (Wildman–Crippen LogP) is 4.83. The van der Waals surface area contributed by atoms with E-state index in [2.05, 4.69) is 25.2 Å². The standard InChI is InChI=1S/C16H26ClNO/c1-5-7-12(8-6-2)16(18-3)13-9-10-15(19-4)14(17)11-13/h9-12,16,18H,5-8H2,1-4H3. The van der Waals surface area contributed by atoms with Crippen LogP contribution in [0.15, 0.2) is 18.2 Å². The van der Waals surface area contributed by atoms with Crippen molar-refractivity contribution in [3.05, 3.63) is 28.8 Å². The van der Waals surface area contributed by atoms with Crippen molar-refractivity contribution in [2.45, 2.75) is 45.6 Å². The van der Waals surface area contributed by atoms with Crippen LogP contribution in [0.2, 0.25) is 5.02 Å². The number of ether oxygens (including phenoxy) is 1. The number of halogens is 1. The summed E-state index contributed by atoms with van der Waals surface area (Å²) in [7, 11) is 3.68. The van der Waals surface area contributed by atoms with E-state index in [9.17, 15) is 0 Å². The fourth-order valence-corrected chi connectivity index (χ4v) is 3.04. The lowest BCUT2D eigenvalue weighted by atomic mass is 9.86. The van der Waals surface area contributed by atoms with Crippen LogP contribution in [0.4, 0.5) is 0 Å². The minimum absolute atomic E-state index is 0.364. The van der Waals surface area contributed by atoms with E-state index in [-0.39, 0.29) is 0 Å². The van der Waals surface area contributed by atoms with Crippen molar-refractivity contribution in [3.8, 4) is 5.75 Å². The topological polar surface area (TPSA) is 21.3 Å². The molecular weight excluding hydrogens is 258 g/mol. The molecule has 0 aliphatic heterocycles. The van der Waals surface area contributed by atoms with Gasteiger partial charge in [-0.1, -0.05) is 44.4 Å². The van der Waals surface area contributed by atoms with Crippen molar-refractivity contribution < 1.29 is 4.74 Å². The molecule has 0 heterocycles. The highest BCUT2D eigenvalue weighted by Gasteiger charge is 2.21. The first kappa shape index (κ1) is 16.3. The molecule has 0 aliphatic rings. The summed E-state index contributed by atoms with van der Waals surface area (Å²) >= 11 is 6.24. The predicted molar refractivity (Wildman–Crippen MR) is 83.1 cm³/mol. The molecule has 0 spiro atoms. The molecule has 0 fully saturated rings. The van der Waals surface area contributed by atoms with Crippen LogP contribution in [0.25, 0.3) is 0 Å². The molecule has 1 atom stereocenters. The van der Waals surface area contributed by atoms with Gasteiger partial charge in [-0.2, -0.15) is 0 Å². The molecule has 0 saturated heterocycles. The molecule has 2 nitrogen and oxygen atoms in total. The van der Waals surface area contributed by atoms with Gasteiger partial charge in [0.1, 0.15) is 5.75 Å². The summed E-state index contributed by atoms with van der Waals surface area (Å²) in [5.74, 6) is 1.40. The molecule has 1 aromatic carbocycles. The molecule has 0 aromatic heterocycles. The Hall–Kier alpha value is -0.730. The van der Waals surface area contributed by atoms with Crippen LogP contribution in [0.1, 0.15) is 51.1 Å². The molecule has 0 aliphatic carbocycles. The Labute approximate surface area is 122 Å². The van der Waals surface area contributed by atoms with E-state index >= 15 is 0 Å². The first-order valence-electron chi connectivity index (χ1n) is 7.18. The average Bonchev–Trinajstić information content (AvgIpc) is 2.40. The zero-order valence-corrected chi connectivity index (χ0v) is 13.3. The normalized spacial score (nSPS) is 12.7. The summed E-state index contributed by atoms with van der Waals surface area (Å²) in [5.41, 5.74) is 1.25. The lowest BCUT2D eigenvalue weighted by Gasteiger charge is -2.27. The Morgan fingerprint density at radius 1 is 1.21 bits per heavy atom. The van der Waals surface area contributed by atoms with Crippen LogP contribution >= 0.6 is 11.6 Å². The van der Waals surface area contributed by atoms with Gasteiger partial charge in [0, 0.05) is 6.04 Å². The van der Waals surface area contributed by atoms with Crippen LogP contribution in [0.3, 0.4) is 0 Å². The number of hydrogen-bond acceptors (Lipinski definition) is 2. The Kier molecular flexibility index (Phi) is 7.25. The van der Waals surface area contributed by atoms with E-state index in [0.29, 0.717) is 17.0 Å². The molecule has 3 heteroatoms. The largest absolute Gasteiger partial charge is 0.495 e. The summed E-state index contributed by atoms with van der Waals surface area (Å²) in [4.78, 5) is 0. The van der Waals surface area contributed by atoms with Crippen LogP contribution < -0.4 is 10.1 Å². The average molecular weight is 284 g/mol. The van der Waals surface area contributed by atoms with E-state index in [0.717, 1.165) is 5.75 Å². The number of benzene rings is 1. The van der Waals surface area contributed by atoms with Gasteiger partial charge < -0.3 is 10.1 Å². The van der Waals surface area contributed by atoms with Crippen molar-refractivity contribution in [3.63, 3.8) is 0 Å². The number of nitrogens with one attached hydrogen (secondary N) is 1. The van der Waals surface area contributed by atoms with Crippen molar-refractivity contribution in [1.29, 1.82) is 0 Å². The molecule has 0 saturated carbocycles. The number of hydrogen-bond donors (Lipinski definition) is 1. The molecule has 1 rings (SSSR count). The summed E-state index contributed by atoms with van der Waals surface area (Å²) in [6.45, 7) is 4.49. The quantitative estimate of drug-likeness (QED) is 0.738. The third-order valence-corrected chi connectivity index (χ3v) is 3.93. The van der Waals surface area contributed by atoms with Crippen LogP contribution in [0, 0.1) is 5.92 Å². The first-order chi connectivity index (χ1) is 9.17. The monoisotopic (exact) mass is 283 g/mol. The summed E-state index contributed by atoms with van der Waals surface area (Å²) in [5, 5.41) is 4.14. The summed E-state index contributed by atoms with van der Waals surface area (Å²) < 4.78 is 5.22. The number of methoxy groups -OCH3 is 1. The zero-order valence-electron chi connectivity index (χ0n) is 12.5. The second-order valence-corrected chi connectivity index (χ2v) is 5.40. The van der Waals surface area contributed by atoms with Gasteiger partial charge in [-0.3, -0.25) is 0 Å². The highest BCUT2D eigenvalue weighted by Crippen LogP contribution is 2.33. The highest BCUT2D eigenvalue weighted by molar-refractivity contribution is 6.32. The maximum atomic E-state index is 6.24. The van der Waals surface area contributed by atoms with E-state index in [1.807, 2.05) is 19.2 Å². The van der Waals surface area contributed by atoms with Crippen molar-refractivity contribution in [2.75, 3.05) is 14.2 Å². The fraction of sp³-hybridized carbons (Fsp3) is 0.625. The molecule has 1 aromatic rings. The third kappa shape index (κ3) is 4.39.